The van der Waals surface area contributed by atoms with Gasteiger partial charge in [0.1, 0.15) is 0 Å². The summed E-state index contributed by atoms with van der Waals surface area (Å²) in [7, 11) is 0. The molecule has 3 rings (SSSR count). The first-order chi connectivity index (χ1) is 12.8. The summed E-state index contributed by atoms with van der Waals surface area (Å²) < 4.78 is 0. The molecule has 142 valence electrons. The summed E-state index contributed by atoms with van der Waals surface area (Å²) in [6.07, 6.45) is 2.22. The van der Waals surface area contributed by atoms with Gasteiger partial charge in [-0.3, -0.25) is 19.8 Å². The quantitative estimate of drug-likeness (QED) is 0.564. The van der Waals surface area contributed by atoms with Crippen LogP contribution in [0, 0.1) is 10.1 Å². The van der Waals surface area contributed by atoms with Gasteiger partial charge >= 0.3 is 0 Å². The largest absolute Gasteiger partial charge is 0.366 e. The SMILES string of the molecule is CC(C)c1ccc(CN(Cc2ccc(C(N)=O)cc2[N+](=O)[O-])C2CC2)cc1. The average molecular weight is 367 g/mol. The molecule has 0 saturated heterocycles. The van der Waals surface area contributed by atoms with Gasteiger partial charge in [0.2, 0.25) is 5.91 Å². The van der Waals surface area contributed by atoms with E-state index < -0.39 is 10.8 Å². The maximum atomic E-state index is 11.5. The van der Waals surface area contributed by atoms with E-state index in [1.54, 1.807) is 12.1 Å². The second-order valence-corrected chi connectivity index (χ2v) is 7.50. The van der Waals surface area contributed by atoms with Gasteiger partial charge in [-0.2, -0.15) is 0 Å². The molecule has 0 unspecified atom stereocenters. The van der Waals surface area contributed by atoms with Crippen LogP contribution in [0.3, 0.4) is 0 Å². The monoisotopic (exact) mass is 367 g/mol. The molecule has 2 aromatic rings. The Morgan fingerprint density at radius 2 is 1.85 bits per heavy atom. The average Bonchev–Trinajstić information content (AvgIpc) is 3.46. The van der Waals surface area contributed by atoms with Gasteiger partial charge in [-0.15, -0.1) is 0 Å². The molecule has 1 amide bonds. The van der Waals surface area contributed by atoms with Crippen LogP contribution in [0.15, 0.2) is 42.5 Å². The van der Waals surface area contributed by atoms with Crippen molar-refractivity contribution in [2.24, 2.45) is 5.73 Å². The number of rotatable bonds is 8. The van der Waals surface area contributed by atoms with Gasteiger partial charge in [-0.25, -0.2) is 0 Å². The maximum Gasteiger partial charge on any atom is 0.274 e. The first-order valence-corrected chi connectivity index (χ1v) is 9.25. The zero-order valence-electron chi connectivity index (χ0n) is 15.7. The molecule has 0 atom stereocenters. The van der Waals surface area contributed by atoms with Gasteiger partial charge in [0.15, 0.2) is 0 Å². The van der Waals surface area contributed by atoms with Crippen molar-refractivity contribution in [2.75, 3.05) is 0 Å². The molecule has 6 nitrogen and oxygen atoms in total. The van der Waals surface area contributed by atoms with E-state index in [2.05, 4.69) is 43.0 Å². The van der Waals surface area contributed by atoms with Crippen LogP contribution < -0.4 is 5.73 Å². The lowest BCUT2D eigenvalue weighted by Gasteiger charge is -2.22. The highest BCUT2D eigenvalue weighted by Crippen LogP contribution is 2.32. The van der Waals surface area contributed by atoms with Crippen LogP contribution in [0.5, 0.6) is 0 Å². The predicted octanol–water partition coefficient (Wildman–Crippen LogP) is 3.98. The molecule has 6 heteroatoms. The van der Waals surface area contributed by atoms with E-state index >= 15 is 0 Å². The molecule has 1 aliphatic carbocycles. The first kappa shape index (κ1) is 19.0. The molecule has 27 heavy (non-hydrogen) atoms. The Hall–Kier alpha value is -2.73. The Balaban J connectivity index is 1.80. The highest BCUT2D eigenvalue weighted by atomic mass is 16.6. The van der Waals surface area contributed by atoms with Crippen molar-refractivity contribution in [3.63, 3.8) is 0 Å². The predicted molar refractivity (Wildman–Crippen MR) is 104 cm³/mol. The van der Waals surface area contributed by atoms with Crippen molar-refractivity contribution in [3.8, 4) is 0 Å². The fourth-order valence-corrected chi connectivity index (χ4v) is 3.24. The first-order valence-electron chi connectivity index (χ1n) is 9.25. The lowest BCUT2D eigenvalue weighted by Crippen LogP contribution is -2.25. The van der Waals surface area contributed by atoms with E-state index in [0.717, 1.165) is 19.4 Å². The summed E-state index contributed by atoms with van der Waals surface area (Å²) in [4.78, 5) is 24.6. The molecular weight excluding hydrogens is 342 g/mol. The minimum Gasteiger partial charge on any atom is -0.366 e. The second-order valence-electron chi connectivity index (χ2n) is 7.50. The number of primary amides is 1. The third-order valence-electron chi connectivity index (χ3n) is 5.04. The number of nitrogens with zero attached hydrogens (tertiary/aromatic N) is 2. The van der Waals surface area contributed by atoms with Crippen LogP contribution >= 0.6 is 0 Å². The van der Waals surface area contributed by atoms with E-state index in [-0.39, 0.29) is 11.3 Å². The fraction of sp³-hybridized carbons (Fsp3) is 0.381. The van der Waals surface area contributed by atoms with E-state index in [1.165, 1.54) is 17.2 Å². The van der Waals surface area contributed by atoms with E-state index in [1.807, 2.05) is 0 Å². The summed E-state index contributed by atoms with van der Waals surface area (Å²) in [6, 6.07) is 13.5. The Kier molecular flexibility index (Phi) is 5.56. The summed E-state index contributed by atoms with van der Waals surface area (Å²) in [5, 5.41) is 11.5. The number of hydrogen-bond donors (Lipinski definition) is 1. The number of benzene rings is 2. The van der Waals surface area contributed by atoms with Crippen LogP contribution in [0.1, 0.15) is 59.7 Å². The molecule has 0 radical (unpaired) electrons. The van der Waals surface area contributed by atoms with Crippen molar-refractivity contribution < 1.29 is 9.72 Å². The minimum atomic E-state index is -0.658. The second kappa shape index (κ2) is 7.88. The van der Waals surface area contributed by atoms with Crippen molar-refractivity contribution in [3.05, 3.63) is 74.8 Å². The van der Waals surface area contributed by atoms with Gasteiger partial charge in [-0.1, -0.05) is 44.2 Å². The molecule has 0 bridgehead atoms. The van der Waals surface area contributed by atoms with Crippen molar-refractivity contribution in [1.82, 2.24) is 4.90 Å². The summed E-state index contributed by atoms with van der Waals surface area (Å²) >= 11 is 0. The van der Waals surface area contributed by atoms with E-state index in [4.69, 9.17) is 5.73 Å². The smallest absolute Gasteiger partial charge is 0.274 e. The standard InChI is InChI=1S/C21H25N3O3/c1-14(2)16-5-3-15(4-6-16)12-23(19-9-10-19)13-18-8-7-17(21(22)25)11-20(18)24(26)27/h3-8,11,14,19H,9-10,12-13H2,1-2H3,(H2,22,25). The number of hydrogen-bond acceptors (Lipinski definition) is 4. The lowest BCUT2D eigenvalue weighted by atomic mass is 10.0. The molecule has 0 heterocycles. The number of amides is 1. The molecule has 0 spiro atoms. The third kappa shape index (κ3) is 4.71. The molecule has 1 fully saturated rings. The summed E-state index contributed by atoms with van der Waals surface area (Å²) in [5.41, 5.74) is 8.47. The van der Waals surface area contributed by atoms with Gasteiger partial charge in [0, 0.05) is 36.3 Å². The van der Waals surface area contributed by atoms with Gasteiger partial charge in [0.25, 0.3) is 5.69 Å². The van der Waals surface area contributed by atoms with Crippen molar-refractivity contribution in [2.45, 2.75) is 51.7 Å². The molecular formula is C21H25N3O3. The number of nitro groups is 1. The number of nitrogens with two attached hydrogens (primary N) is 1. The highest BCUT2D eigenvalue weighted by Gasteiger charge is 2.30. The van der Waals surface area contributed by atoms with Crippen molar-refractivity contribution >= 4 is 11.6 Å². The molecule has 2 N–H and O–H groups in total. The van der Waals surface area contributed by atoms with Crippen LogP contribution in [0.2, 0.25) is 0 Å². The van der Waals surface area contributed by atoms with Gasteiger partial charge in [0.05, 0.1) is 4.92 Å². The highest BCUT2D eigenvalue weighted by molar-refractivity contribution is 5.93. The normalized spacial score (nSPS) is 13.9. The topological polar surface area (TPSA) is 89.5 Å². The number of nitro benzene ring substituents is 1. The Morgan fingerprint density at radius 3 is 2.37 bits per heavy atom. The molecule has 0 aliphatic heterocycles. The minimum absolute atomic E-state index is 0.0490. The zero-order chi connectivity index (χ0) is 19.6. The number of carbonyl (C=O) groups is 1. The van der Waals surface area contributed by atoms with Gasteiger partial charge < -0.3 is 5.73 Å². The number of carbonyl (C=O) groups excluding carboxylic acids is 1. The Labute approximate surface area is 159 Å². The van der Waals surface area contributed by atoms with Crippen LogP contribution in [0.25, 0.3) is 0 Å². The Morgan fingerprint density at radius 1 is 1.19 bits per heavy atom. The fourth-order valence-electron chi connectivity index (χ4n) is 3.24. The lowest BCUT2D eigenvalue weighted by molar-refractivity contribution is -0.385. The van der Waals surface area contributed by atoms with Crippen molar-refractivity contribution in [1.29, 1.82) is 0 Å². The van der Waals surface area contributed by atoms with E-state index in [9.17, 15) is 14.9 Å². The molecule has 0 aromatic heterocycles. The van der Waals surface area contributed by atoms with Crippen LogP contribution in [0.4, 0.5) is 5.69 Å². The maximum absolute atomic E-state index is 11.5. The Bertz CT molecular complexity index is 842. The molecule has 1 saturated carbocycles. The summed E-state index contributed by atoms with van der Waals surface area (Å²) in [6.45, 7) is 5.56. The van der Waals surface area contributed by atoms with Crippen LogP contribution in [-0.2, 0) is 13.1 Å². The van der Waals surface area contributed by atoms with Crippen LogP contribution in [-0.4, -0.2) is 21.8 Å². The summed E-state index contributed by atoms with van der Waals surface area (Å²) in [5.74, 6) is -0.168. The molecule has 2 aromatic carbocycles. The van der Waals surface area contributed by atoms with E-state index in [0.29, 0.717) is 24.1 Å². The zero-order valence-corrected chi connectivity index (χ0v) is 15.7. The van der Waals surface area contributed by atoms with Gasteiger partial charge in [-0.05, 0) is 36.0 Å². The molecule has 1 aliphatic rings. The third-order valence-corrected chi connectivity index (χ3v) is 5.04.